The third-order valence-electron chi connectivity index (χ3n) is 3.96. The predicted octanol–water partition coefficient (Wildman–Crippen LogP) is 0.624. The molecule has 0 fully saturated rings. The van der Waals surface area contributed by atoms with Crippen LogP contribution in [0.1, 0.15) is 44.9 Å². The van der Waals surface area contributed by atoms with Gasteiger partial charge >= 0.3 is 0 Å². The van der Waals surface area contributed by atoms with Crippen LogP contribution in [0.25, 0.3) is 0 Å². The highest BCUT2D eigenvalue weighted by Gasteiger charge is 2.22. The lowest BCUT2D eigenvalue weighted by Crippen LogP contribution is -2.40. The van der Waals surface area contributed by atoms with E-state index < -0.39 is 0 Å². The van der Waals surface area contributed by atoms with Gasteiger partial charge in [0, 0.05) is 44.2 Å². The van der Waals surface area contributed by atoms with Gasteiger partial charge in [0.25, 0.3) is 5.56 Å². The van der Waals surface area contributed by atoms with Gasteiger partial charge in [0.2, 0.25) is 11.9 Å². The highest BCUT2D eigenvalue weighted by molar-refractivity contribution is 5.75. The number of hydrogen-bond donors (Lipinski definition) is 3. The van der Waals surface area contributed by atoms with Crippen molar-refractivity contribution in [2.75, 3.05) is 12.4 Å². The first kappa shape index (κ1) is 17.5. The lowest BCUT2D eigenvalue weighted by molar-refractivity contribution is -0.120. The minimum absolute atomic E-state index is 0.0137. The zero-order valence-electron chi connectivity index (χ0n) is 14.4. The van der Waals surface area contributed by atoms with E-state index in [0.29, 0.717) is 38.3 Å². The fourth-order valence-electron chi connectivity index (χ4n) is 2.74. The normalized spacial score (nSPS) is 17.0. The molecule has 0 spiro atoms. The van der Waals surface area contributed by atoms with Gasteiger partial charge in [0.1, 0.15) is 0 Å². The maximum absolute atomic E-state index is 12.9. The van der Waals surface area contributed by atoms with Crippen LogP contribution < -0.4 is 21.5 Å². The molecule has 1 aliphatic heterocycles. The van der Waals surface area contributed by atoms with Crippen molar-refractivity contribution in [3.63, 3.8) is 0 Å². The highest BCUT2D eigenvalue weighted by Crippen LogP contribution is 2.15. The minimum atomic E-state index is -0.0137. The lowest BCUT2D eigenvalue weighted by Gasteiger charge is -2.25. The zero-order valence-corrected chi connectivity index (χ0v) is 14.4. The Labute approximate surface area is 136 Å². The van der Waals surface area contributed by atoms with E-state index in [1.807, 2.05) is 13.8 Å². The molecule has 0 aromatic carbocycles. The molecule has 1 aliphatic rings. The summed E-state index contributed by atoms with van der Waals surface area (Å²) in [7, 11) is 1.62. The van der Waals surface area contributed by atoms with Crippen LogP contribution in [0.4, 0.5) is 5.95 Å². The van der Waals surface area contributed by atoms with Gasteiger partial charge in [-0.05, 0) is 33.6 Å². The summed E-state index contributed by atoms with van der Waals surface area (Å²) in [5.41, 5.74) is 1.65. The van der Waals surface area contributed by atoms with E-state index in [9.17, 15) is 9.59 Å². The molecular weight excluding hydrogens is 294 g/mol. The molecule has 1 aromatic rings. The molecule has 1 amide bonds. The first-order chi connectivity index (χ1) is 10.9. The third kappa shape index (κ3) is 4.31. The summed E-state index contributed by atoms with van der Waals surface area (Å²) in [6, 6.07) is 0.459. The third-order valence-corrected chi connectivity index (χ3v) is 3.96. The van der Waals surface area contributed by atoms with Crippen molar-refractivity contribution < 1.29 is 4.79 Å². The van der Waals surface area contributed by atoms with E-state index >= 15 is 0 Å². The van der Waals surface area contributed by atoms with E-state index in [-0.39, 0.29) is 23.6 Å². The molecule has 128 valence electrons. The number of anilines is 1. The zero-order chi connectivity index (χ0) is 17.0. The Morgan fingerprint density at radius 2 is 2.22 bits per heavy atom. The minimum Gasteiger partial charge on any atom is -0.359 e. The van der Waals surface area contributed by atoms with Crippen LogP contribution >= 0.6 is 0 Å². The Morgan fingerprint density at radius 3 is 2.87 bits per heavy atom. The number of nitrogens with zero attached hydrogens (tertiary/aromatic N) is 2. The monoisotopic (exact) mass is 321 g/mol. The summed E-state index contributed by atoms with van der Waals surface area (Å²) in [6.45, 7) is 7.21. The predicted molar refractivity (Wildman–Crippen MR) is 90.6 cm³/mol. The number of amides is 1. The Hall–Kier alpha value is -1.89. The van der Waals surface area contributed by atoms with Crippen LogP contribution in [0, 0.1) is 0 Å². The average Bonchev–Trinajstić information content (AvgIpc) is 2.50. The fraction of sp³-hybridized carbons (Fsp3) is 0.688. The van der Waals surface area contributed by atoms with Crippen LogP contribution in [0.2, 0.25) is 0 Å². The smallest absolute Gasteiger partial charge is 0.258 e. The van der Waals surface area contributed by atoms with Crippen molar-refractivity contribution in [2.45, 2.75) is 65.2 Å². The summed E-state index contributed by atoms with van der Waals surface area (Å²) in [4.78, 5) is 28.9. The first-order valence-corrected chi connectivity index (χ1v) is 8.25. The number of aromatic nitrogens is 2. The summed E-state index contributed by atoms with van der Waals surface area (Å²) >= 11 is 0. The molecule has 7 heteroatoms. The van der Waals surface area contributed by atoms with Gasteiger partial charge in [-0.2, -0.15) is 0 Å². The lowest BCUT2D eigenvalue weighted by atomic mass is 10.0. The van der Waals surface area contributed by atoms with Crippen molar-refractivity contribution >= 4 is 11.9 Å². The molecule has 2 heterocycles. The largest absolute Gasteiger partial charge is 0.359 e. The summed E-state index contributed by atoms with van der Waals surface area (Å²) < 4.78 is 1.68. The van der Waals surface area contributed by atoms with Gasteiger partial charge in [-0.3, -0.25) is 14.2 Å². The molecule has 3 N–H and O–H groups in total. The number of nitrogens with one attached hydrogen (secondary N) is 3. The molecule has 1 aromatic heterocycles. The Balaban J connectivity index is 2.30. The summed E-state index contributed by atoms with van der Waals surface area (Å²) in [5, 5.41) is 9.19. The Morgan fingerprint density at radius 1 is 1.48 bits per heavy atom. The molecule has 0 bridgehead atoms. The van der Waals surface area contributed by atoms with Crippen LogP contribution in [0.5, 0.6) is 0 Å². The van der Waals surface area contributed by atoms with E-state index in [0.717, 1.165) is 11.3 Å². The molecule has 0 radical (unpaired) electrons. The Bertz CT molecular complexity index is 624. The first-order valence-electron chi connectivity index (χ1n) is 8.25. The van der Waals surface area contributed by atoms with E-state index in [4.69, 9.17) is 0 Å². The van der Waals surface area contributed by atoms with Crippen LogP contribution in [-0.2, 0) is 24.3 Å². The van der Waals surface area contributed by atoms with Crippen LogP contribution in [0.3, 0.4) is 0 Å². The van der Waals surface area contributed by atoms with Gasteiger partial charge in [-0.15, -0.1) is 0 Å². The van der Waals surface area contributed by atoms with Crippen molar-refractivity contribution in [3.05, 3.63) is 21.6 Å². The number of carbonyl (C=O) groups is 1. The van der Waals surface area contributed by atoms with Crippen molar-refractivity contribution in [1.82, 2.24) is 20.2 Å². The van der Waals surface area contributed by atoms with E-state index in [1.54, 1.807) is 11.6 Å². The van der Waals surface area contributed by atoms with Gasteiger partial charge in [0.15, 0.2) is 0 Å². The van der Waals surface area contributed by atoms with Gasteiger partial charge < -0.3 is 16.0 Å². The fourth-order valence-corrected chi connectivity index (χ4v) is 2.74. The van der Waals surface area contributed by atoms with Gasteiger partial charge in [-0.25, -0.2) is 4.98 Å². The van der Waals surface area contributed by atoms with Crippen molar-refractivity contribution in [1.29, 1.82) is 0 Å². The second kappa shape index (κ2) is 7.59. The van der Waals surface area contributed by atoms with E-state index in [1.165, 1.54) is 0 Å². The summed E-state index contributed by atoms with van der Waals surface area (Å²) in [6.07, 6.45) is 1.71. The number of fused-ring (bicyclic) bond motifs is 1. The summed E-state index contributed by atoms with van der Waals surface area (Å²) in [5.74, 6) is 0.581. The number of hydrogen-bond acceptors (Lipinski definition) is 5. The molecule has 1 atom stereocenters. The molecule has 0 unspecified atom stereocenters. The second-order valence-electron chi connectivity index (χ2n) is 6.38. The Kier molecular flexibility index (Phi) is 5.76. The van der Waals surface area contributed by atoms with Gasteiger partial charge in [-0.1, -0.05) is 0 Å². The number of rotatable bonds is 6. The maximum Gasteiger partial charge on any atom is 0.258 e. The molecule has 2 rings (SSSR count). The maximum atomic E-state index is 12.9. The quantitative estimate of drug-likeness (QED) is 0.715. The molecular formula is C16H27N5O2. The number of carbonyl (C=O) groups excluding carboxylic acids is 1. The topological polar surface area (TPSA) is 88.1 Å². The van der Waals surface area contributed by atoms with Crippen molar-refractivity contribution in [2.24, 2.45) is 0 Å². The standard InChI is InChI=1S/C16H27N5O2/c1-10(2)19-16-20-13-9-18-11(3)8-12(13)15(23)21(16)7-5-6-14(22)17-4/h10-11,18H,5-9H2,1-4H3,(H,17,22)(H,19,20)/t11-/m1/s1. The molecule has 7 nitrogen and oxygen atoms in total. The second-order valence-corrected chi connectivity index (χ2v) is 6.38. The molecule has 0 saturated carbocycles. The molecule has 0 aliphatic carbocycles. The highest BCUT2D eigenvalue weighted by atomic mass is 16.1. The van der Waals surface area contributed by atoms with Crippen LogP contribution in [-0.4, -0.2) is 34.6 Å². The molecule has 0 saturated heterocycles. The van der Waals surface area contributed by atoms with Crippen molar-refractivity contribution in [3.8, 4) is 0 Å². The van der Waals surface area contributed by atoms with Gasteiger partial charge in [0.05, 0.1) is 5.69 Å². The average molecular weight is 321 g/mol. The SMILES string of the molecule is CNC(=O)CCCn1c(NC(C)C)nc2c(c1=O)C[C@@H](C)NC2. The van der Waals surface area contributed by atoms with Crippen LogP contribution in [0.15, 0.2) is 4.79 Å². The molecule has 23 heavy (non-hydrogen) atoms. The van der Waals surface area contributed by atoms with E-state index in [2.05, 4.69) is 27.9 Å².